The van der Waals surface area contributed by atoms with Crippen LogP contribution < -0.4 is 5.32 Å². The first-order valence-electron chi connectivity index (χ1n) is 3.49. The maximum Gasteiger partial charge on any atom is 0.0878 e. The zero-order valence-corrected chi connectivity index (χ0v) is 8.80. The summed E-state index contributed by atoms with van der Waals surface area (Å²) in [4.78, 5) is 0. The van der Waals surface area contributed by atoms with E-state index in [9.17, 15) is 5.11 Å². The molecule has 0 bridgehead atoms. The molecule has 0 aromatic carbocycles. The SMILES string of the molecule is CC(C)NCC(C)(O)CCl.Cl. The summed E-state index contributed by atoms with van der Waals surface area (Å²) in [6.07, 6.45) is 0. The van der Waals surface area contributed by atoms with E-state index in [-0.39, 0.29) is 18.3 Å². The summed E-state index contributed by atoms with van der Waals surface area (Å²) in [5.74, 6) is 0.271. The highest BCUT2D eigenvalue weighted by atomic mass is 35.5. The Balaban J connectivity index is 0. The second kappa shape index (κ2) is 6.06. The van der Waals surface area contributed by atoms with E-state index < -0.39 is 5.60 Å². The molecule has 2 nitrogen and oxygen atoms in total. The fraction of sp³-hybridized carbons (Fsp3) is 1.00. The second-order valence-corrected chi connectivity index (χ2v) is 3.43. The average Bonchev–Trinajstić information content (AvgIpc) is 1.85. The number of nitrogens with one attached hydrogen (secondary N) is 1. The van der Waals surface area contributed by atoms with Gasteiger partial charge in [-0.05, 0) is 6.92 Å². The van der Waals surface area contributed by atoms with Gasteiger partial charge in [0.1, 0.15) is 0 Å². The molecular formula is C7H17Cl2NO. The first-order chi connectivity index (χ1) is 4.48. The van der Waals surface area contributed by atoms with Crippen LogP contribution in [0.25, 0.3) is 0 Å². The predicted octanol–water partition coefficient (Wildman–Crippen LogP) is 1.40. The Morgan fingerprint density at radius 1 is 1.55 bits per heavy atom. The van der Waals surface area contributed by atoms with Crippen LogP contribution >= 0.6 is 24.0 Å². The van der Waals surface area contributed by atoms with Gasteiger partial charge in [-0.1, -0.05) is 13.8 Å². The summed E-state index contributed by atoms with van der Waals surface area (Å²) in [7, 11) is 0. The van der Waals surface area contributed by atoms with Crippen LogP contribution in [0.5, 0.6) is 0 Å². The van der Waals surface area contributed by atoms with Crippen molar-refractivity contribution in [3.8, 4) is 0 Å². The Bertz CT molecular complexity index is 96.4. The van der Waals surface area contributed by atoms with E-state index in [1.807, 2.05) is 13.8 Å². The van der Waals surface area contributed by atoms with Crippen LogP contribution in [-0.4, -0.2) is 29.2 Å². The molecule has 0 rings (SSSR count). The molecular weight excluding hydrogens is 185 g/mol. The standard InChI is InChI=1S/C7H16ClNO.ClH/c1-6(2)9-5-7(3,10)4-8;/h6,9-10H,4-5H2,1-3H3;1H. The highest BCUT2D eigenvalue weighted by Gasteiger charge is 2.17. The highest BCUT2D eigenvalue weighted by Crippen LogP contribution is 2.03. The van der Waals surface area contributed by atoms with E-state index in [0.717, 1.165) is 0 Å². The van der Waals surface area contributed by atoms with Crippen LogP contribution in [-0.2, 0) is 0 Å². The van der Waals surface area contributed by atoms with Gasteiger partial charge in [0.25, 0.3) is 0 Å². The van der Waals surface area contributed by atoms with Crippen LogP contribution in [0.2, 0.25) is 0 Å². The summed E-state index contributed by atoms with van der Waals surface area (Å²) < 4.78 is 0. The summed E-state index contributed by atoms with van der Waals surface area (Å²) in [6, 6.07) is 0.398. The maximum absolute atomic E-state index is 9.38. The number of hydrogen-bond acceptors (Lipinski definition) is 2. The van der Waals surface area contributed by atoms with Crippen LogP contribution in [0, 0.1) is 0 Å². The molecule has 0 saturated heterocycles. The van der Waals surface area contributed by atoms with E-state index in [2.05, 4.69) is 5.32 Å². The van der Waals surface area contributed by atoms with Crippen molar-refractivity contribution < 1.29 is 5.11 Å². The van der Waals surface area contributed by atoms with E-state index in [0.29, 0.717) is 12.6 Å². The van der Waals surface area contributed by atoms with Crippen LogP contribution in [0.3, 0.4) is 0 Å². The third kappa shape index (κ3) is 8.41. The minimum absolute atomic E-state index is 0. The molecule has 0 aliphatic heterocycles. The van der Waals surface area contributed by atoms with Crippen LogP contribution in [0.15, 0.2) is 0 Å². The molecule has 0 spiro atoms. The molecule has 11 heavy (non-hydrogen) atoms. The zero-order valence-electron chi connectivity index (χ0n) is 7.22. The van der Waals surface area contributed by atoms with Gasteiger partial charge >= 0.3 is 0 Å². The summed E-state index contributed by atoms with van der Waals surface area (Å²) in [5, 5.41) is 12.5. The molecule has 70 valence electrons. The van der Waals surface area contributed by atoms with Crippen LogP contribution in [0.1, 0.15) is 20.8 Å². The fourth-order valence-corrected chi connectivity index (χ4v) is 0.566. The molecule has 0 heterocycles. The number of hydrogen-bond donors (Lipinski definition) is 2. The van der Waals surface area contributed by atoms with Gasteiger partial charge in [-0.15, -0.1) is 24.0 Å². The molecule has 0 aliphatic carbocycles. The Kier molecular flexibility index (Phi) is 7.75. The molecule has 0 fully saturated rings. The Hall–Kier alpha value is 0.500. The topological polar surface area (TPSA) is 32.3 Å². The first kappa shape index (κ1) is 14.0. The largest absolute Gasteiger partial charge is 0.388 e. The highest BCUT2D eigenvalue weighted by molar-refractivity contribution is 6.18. The fourth-order valence-electron chi connectivity index (χ4n) is 0.471. The smallest absolute Gasteiger partial charge is 0.0878 e. The normalized spacial score (nSPS) is 15.8. The van der Waals surface area contributed by atoms with E-state index in [1.165, 1.54) is 0 Å². The Labute approximate surface area is 79.7 Å². The lowest BCUT2D eigenvalue weighted by molar-refractivity contribution is 0.0812. The van der Waals surface area contributed by atoms with Gasteiger partial charge in [-0.3, -0.25) is 0 Å². The van der Waals surface area contributed by atoms with Gasteiger partial charge in [0, 0.05) is 12.6 Å². The lowest BCUT2D eigenvalue weighted by atomic mass is 10.1. The molecule has 2 N–H and O–H groups in total. The average molecular weight is 202 g/mol. The number of rotatable bonds is 4. The van der Waals surface area contributed by atoms with E-state index >= 15 is 0 Å². The first-order valence-corrected chi connectivity index (χ1v) is 4.03. The zero-order chi connectivity index (χ0) is 8.20. The maximum atomic E-state index is 9.38. The van der Waals surface area contributed by atoms with Crippen molar-refractivity contribution in [3.63, 3.8) is 0 Å². The van der Waals surface area contributed by atoms with Crippen molar-refractivity contribution in [2.75, 3.05) is 12.4 Å². The number of aliphatic hydroxyl groups is 1. The molecule has 4 heteroatoms. The third-order valence-electron chi connectivity index (χ3n) is 1.18. The molecule has 0 saturated carbocycles. The van der Waals surface area contributed by atoms with Crippen LogP contribution in [0.4, 0.5) is 0 Å². The molecule has 0 aromatic rings. The van der Waals surface area contributed by atoms with Crippen molar-refractivity contribution in [2.45, 2.75) is 32.4 Å². The van der Waals surface area contributed by atoms with Gasteiger partial charge in [0.2, 0.25) is 0 Å². The Morgan fingerprint density at radius 2 is 2.00 bits per heavy atom. The van der Waals surface area contributed by atoms with Crippen molar-refractivity contribution >= 4 is 24.0 Å². The second-order valence-electron chi connectivity index (χ2n) is 3.17. The molecule has 0 aliphatic rings. The van der Waals surface area contributed by atoms with Crippen molar-refractivity contribution in [1.29, 1.82) is 0 Å². The molecule has 0 radical (unpaired) electrons. The molecule has 0 amide bonds. The molecule has 0 aromatic heterocycles. The van der Waals surface area contributed by atoms with Gasteiger partial charge in [-0.2, -0.15) is 0 Å². The van der Waals surface area contributed by atoms with Crippen molar-refractivity contribution in [3.05, 3.63) is 0 Å². The van der Waals surface area contributed by atoms with Gasteiger partial charge in [-0.25, -0.2) is 0 Å². The summed E-state index contributed by atoms with van der Waals surface area (Å²) in [6.45, 7) is 6.33. The molecule has 1 atom stereocenters. The Morgan fingerprint density at radius 3 is 2.27 bits per heavy atom. The minimum Gasteiger partial charge on any atom is -0.388 e. The van der Waals surface area contributed by atoms with Gasteiger partial charge < -0.3 is 10.4 Å². The summed E-state index contributed by atoms with van der Waals surface area (Å²) in [5.41, 5.74) is -0.772. The van der Waals surface area contributed by atoms with E-state index in [4.69, 9.17) is 11.6 Å². The lowest BCUT2D eigenvalue weighted by Gasteiger charge is -2.21. The number of alkyl halides is 1. The van der Waals surface area contributed by atoms with Crippen molar-refractivity contribution in [1.82, 2.24) is 5.32 Å². The van der Waals surface area contributed by atoms with Gasteiger partial charge in [0.15, 0.2) is 0 Å². The quantitative estimate of drug-likeness (QED) is 0.675. The monoisotopic (exact) mass is 201 g/mol. The summed E-state index contributed by atoms with van der Waals surface area (Å²) >= 11 is 5.49. The third-order valence-corrected chi connectivity index (χ3v) is 1.75. The molecule has 1 unspecified atom stereocenters. The lowest BCUT2D eigenvalue weighted by Crippen LogP contribution is -2.41. The van der Waals surface area contributed by atoms with Crippen molar-refractivity contribution in [2.24, 2.45) is 0 Å². The van der Waals surface area contributed by atoms with Gasteiger partial charge in [0.05, 0.1) is 11.5 Å². The predicted molar refractivity (Wildman–Crippen MR) is 51.7 cm³/mol. The minimum atomic E-state index is -0.772. The van der Waals surface area contributed by atoms with E-state index in [1.54, 1.807) is 6.92 Å². The number of halogens is 2.